The van der Waals surface area contributed by atoms with Crippen molar-refractivity contribution in [3.8, 4) is 11.3 Å². The number of nitrogens with zero attached hydrogens (tertiary/aromatic N) is 2. The molecule has 4 aromatic rings. The van der Waals surface area contributed by atoms with Gasteiger partial charge in [0.05, 0.1) is 11.3 Å². The van der Waals surface area contributed by atoms with Crippen molar-refractivity contribution in [2.45, 2.75) is 6.18 Å². The van der Waals surface area contributed by atoms with E-state index >= 15 is 0 Å². The Morgan fingerprint density at radius 3 is 2.16 bits per heavy atom. The number of hydrogen-bond acceptors (Lipinski definition) is 5. The molecule has 5 nitrogen and oxygen atoms in total. The van der Waals surface area contributed by atoms with Gasteiger partial charge in [0.2, 0.25) is 0 Å². The van der Waals surface area contributed by atoms with Crippen molar-refractivity contribution in [1.82, 2.24) is 9.97 Å². The molecule has 0 bridgehead atoms. The van der Waals surface area contributed by atoms with Crippen molar-refractivity contribution in [3.63, 3.8) is 0 Å². The summed E-state index contributed by atoms with van der Waals surface area (Å²) in [7, 11) is 0. The normalized spacial score (nSPS) is 11.2. The third-order valence-corrected chi connectivity index (χ3v) is 5.11. The Morgan fingerprint density at radius 1 is 0.871 bits per heavy atom. The van der Waals surface area contributed by atoms with Crippen LogP contribution >= 0.6 is 11.3 Å². The van der Waals surface area contributed by atoms with Crippen LogP contribution in [0.4, 0.5) is 29.7 Å². The lowest BCUT2D eigenvalue weighted by molar-refractivity contribution is -0.137. The van der Waals surface area contributed by atoms with E-state index in [0.29, 0.717) is 10.8 Å². The summed E-state index contributed by atoms with van der Waals surface area (Å²) in [5.41, 5.74) is 2.46. The molecule has 0 fully saturated rings. The SMILES string of the molecule is O=C(Nc1ccc(Nc2nc(-c3ccncc3)cs2)cc1)c1ccc(C(F)(F)F)cc1. The lowest BCUT2D eigenvalue weighted by Crippen LogP contribution is -2.12. The molecule has 2 N–H and O–H groups in total. The molecule has 2 heterocycles. The van der Waals surface area contributed by atoms with E-state index in [2.05, 4.69) is 20.6 Å². The number of halogens is 3. The van der Waals surface area contributed by atoms with E-state index in [1.807, 2.05) is 17.5 Å². The third-order valence-electron chi connectivity index (χ3n) is 4.35. The molecule has 2 aromatic heterocycles. The quantitative estimate of drug-likeness (QED) is 0.387. The number of pyridine rings is 1. The van der Waals surface area contributed by atoms with Crippen molar-refractivity contribution in [3.05, 3.63) is 89.6 Å². The third kappa shape index (κ3) is 5.07. The minimum absolute atomic E-state index is 0.140. The Morgan fingerprint density at radius 2 is 1.52 bits per heavy atom. The van der Waals surface area contributed by atoms with Gasteiger partial charge in [0.15, 0.2) is 5.13 Å². The zero-order valence-corrected chi connectivity index (χ0v) is 16.7. The molecule has 0 unspecified atom stereocenters. The highest BCUT2D eigenvalue weighted by molar-refractivity contribution is 7.14. The van der Waals surface area contributed by atoms with Gasteiger partial charge in [0, 0.05) is 40.3 Å². The summed E-state index contributed by atoms with van der Waals surface area (Å²) >= 11 is 1.46. The van der Waals surface area contributed by atoms with E-state index in [1.54, 1.807) is 36.7 Å². The highest BCUT2D eigenvalue weighted by Crippen LogP contribution is 2.29. The first kappa shape index (κ1) is 20.5. The molecule has 0 saturated heterocycles. The predicted molar refractivity (Wildman–Crippen MR) is 114 cm³/mol. The molecule has 31 heavy (non-hydrogen) atoms. The maximum Gasteiger partial charge on any atom is 0.416 e. The Balaban J connectivity index is 1.38. The van der Waals surface area contributed by atoms with Crippen LogP contribution < -0.4 is 10.6 Å². The van der Waals surface area contributed by atoms with Crippen molar-refractivity contribution in [2.24, 2.45) is 0 Å². The summed E-state index contributed by atoms with van der Waals surface area (Å²) in [6.45, 7) is 0. The van der Waals surface area contributed by atoms with Gasteiger partial charge in [-0.1, -0.05) is 0 Å². The molecule has 0 radical (unpaired) electrons. The fourth-order valence-electron chi connectivity index (χ4n) is 2.76. The van der Waals surface area contributed by atoms with E-state index in [9.17, 15) is 18.0 Å². The minimum Gasteiger partial charge on any atom is -0.332 e. The first-order valence-corrected chi connectivity index (χ1v) is 9.98. The molecule has 0 atom stereocenters. The molecule has 9 heteroatoms. The Kier molecular flexibility index (Phi) is 5.68. The van der Waals surface area contributed by atoms with Crippen molar-refractivity contribution >= 4 is 33.8 Å². The molecule has 1 amide bonds. The number of carbonyl (C=O) groups is 1. The maximum absolute atomic E-state index is 12.6. The number of carbonyl (C=O) groups excluding carboxylic acids is 1. The average molecular weight is 440 g/mol. The second-order valence-corrected chi connectivity index (χ2v) is 7.36. The zero-order valence-electron chi connectivity index (χ0n) is 15.9. The van der Waals surface area contributed by atoms with E-state index < -0.39 is 17.6 Å². The van der Waals surface area contributed by atoms with Crippen LogP contribution in [0.2, 0.25) is 0 Å². The van der Waals surface area contributed by atoms with Gasteiger partial charge in [-0.05, 0) is 60.7 Å². The standard InChI is InChI=1S/C22H15F3N4OS/c23-22(24,25)16-3-1-15(2-4-16)20(30)27-17-5-7-18(8-6-17)28-21-29-19(13-31-21)14-9-11-26-12-10-14/h1-13H,(H,27,30)(H,28,29). The number of thiazole rings is 1. The molecular formula is C22H15F3N4OS. The highest BCUT2D eigenvalue weighted by Gasteiger charge is 2.30. The van der Waals surface area contributed by atoms with Crippen LogP contribution in [0.3, 0.4) is 0 Å². The molecule has 4 rings (SSSR count). The molecule has 0 aliphatic heterocycles. The molecule has 2 aromatic carbocycles. The number of amides is 1. The number of aromatic nitrogens is 2. The van der Waals surface area contributed by atoms with Gasteiger partial charge >= 0.3 is 6.18 Å². The molecule has 0 saturated carbocycles. The van der Waals surface area contributed by atoms with Gasteiger partial charge < -0.3 is 10.6 Å². The monoisotopic (exact) mass is 440 g/mol. The number of anilines is 3. The van der Waals surface area contributed by atoms with Gasteiger partial charge in [-0.15, -0.1) is 11.3 Å². The van der Waals surface area contributed by atoms with Crippen LogP contribution in [-0.2, 0) is 6.18 Å². The van der Waals surface area contributed by atoms with Crippen LogP contribution in [0.1, 0.15) is 15.9 Å². The first-order valence-electron chi connectivity index (χ1n) is 9.10. The summed E-state index contributed by atoms with van der Waals surface area (Å²) in [6, 6.07) is 14.8. The summed E-state index contributed by atoms with van der Waals surface area (Å²) in [5.74, 6) is -0.489. The molecule has 0 aliphatic carbocycles. The number of rotatable bonds is 5. The summed E-state index contributed by atoms with van der Waals surface area (Å²) in [6.07, 6.45) is -1.02. The highest BCUT2D eigenvalue weighted by atomic mass is 32.1. The van der Waals surface area contributed by atoms with Crippen LogP contribution in [0, 0.1) is 0 Å². The number of benzene rings is 2. The van der Waals surface area contributed by atoms with Gasteiger partial charge in [-0.3, -0.25) is 9.78 Å². The Bertz CT molecular complexity index is 1170. The Labute approximate surface area is 179 Å². The van der Waals surface area contributed by atoms with E-state index in [-0.39, 0.29) is 5.56 Å². The van der Waals surface area contributed by atoms with E-state index in [1.165, 1.54) is 11.3 Å². The number of alkyl halides is 3. The average Bonchev–Trinajstić information content (AvgIpc) is 3.24. The predicted octanol–water partition coefficient (Wildman–Crippen LogP) is 6.22. The first-order chi connectivity index (χ1) is 14.9. The lowest BCUT2D eigenvalue weighted by atomic mass is 10.1. The summed E-state index contributed by atoms with van der Waals surface area (Å²) in [5, 5.41) is 8.52. The fraction of sp³-hybridized carbons (Fsp3) is 0.0455. The Hall–Kier alpha value is -3.72. The summed E-state index contributed by atoms with van der Waals surface area (Å²) in [4.78, 5) is 20.8. The van der Waals surface area contributed by atoms with Crippen molar-refractivity contribution < 1.29 is 18.0 Å². The van der Waals surface area contributed by atoms with Gasteiger partial charge in [0.1, 0.15) is 0 Å². The molecule has 0 aliphatic rings. The van der Waals surface area contributed by atoms with Crippen LogP contribution in [-0.4, -0.2) is 15.9 Å². The van der Waals surface area contributed by atoms with Crippen molar-refractivity contribution in [2.75, 3.05) is 10.6 Å². The van der Waals surface area contributed by atoms with Crippen molar-refractivity contribution in [1.29, 1.82) is 0 Å². The molecule has 156 valence electrons. The van der Waals surface area contributed by atoms with Gasteiger partial charge in [0.25, 0.3) is 5.91 Å². The zero-order chi connectivity index (χ0) is 21.8. The van der Waals surface area contributed by atoms with Crippen LogP contribution in [0.25, 0.3) is 11.3 Å². The maximum atomic E-state index is 12.6. The minimum atomic E-state index is -4.44. The molecular weight excluding hydrogens is 425 g/mol. The second-order valence-electron chi connectivity index (χ2n) is 6.51. The molecule has 0 spiro atoms. The number of hydrogen-bond donors (Lipinski definition) is 2. The lowest BCUT2D eigenvalue weighted by Gasteiger charge is -2.09. The van der Waals surface area contributed by atoms with Gasteiger partial charge in [-0.25, -0.2) is 4.98 Å². The van der Waals surface area contributed by atoms with E-state index in [4.69, 9.17) is 0 Å². The summed E-state index contributed by atoms with van der Waals surface area (Å²) < 4.78 is 37.9. The van der Waals surface area contributed by atoms with Crippen LogP contribution in [0.5, 0.6) is 0 Å². The number of nitrogens with one attached hydrogen (secondary N) is 2. The second kappa shape index (κ2) is 8.57. The fourth-order valence-corrected chi connectivity index (χ4v) is 3.50. The topological polar surface area (TPSA) is 66.9 Å². The van der Waals surface area contributed by atoms with Crippen LogP contribution in [0.15, 0.2) is 78.4 Å². The van der Waals surface area contributed by atoms with Gasteiger partial charge in [-0.2, -0.15) is 13.2 Å². The van der Waals surface area contributed by atoms with E-state index in [0.717, 1.165) is 41.2 Å². The smallest absolute Gasteiger partial charge is 0.332 e. The largest absolute Gasteiger partial charge is 0.416 e.